The molecule has 0 radical (unpaired) electrons. The molecule has 8 heteroatoms. The largest absolute Gasteiger partial charge is 0.544 e. The van der Waals surface area contributed by atoms with E-state index in [0.717, 1.165) is 30.4 Å². The minimum absolute atomic E-state index is 0.0220. The topological polar surface area (TPSA) is 100 Å². The first-order valence-corrected chi connectivity index (χ1v) is 8.39. The molecule has 0 bridgehead atoms. The van der Waals surface area contributed by atoms with Crippen molar-refractivity contribution in [3.8, 4) is 11.5 Å². The van der Waals surface area contributed by atoms with Crippen LogP contribution in [-0.4, -0.2) is 34.4 Å². The maximum absolute atomic E-state index is 11.4. The number of rotatable bonds is 6. The summed E-state index contributed by atoms with van der Waals surface area (Å²) in [6, 6.07) is 5.25. The lowest BCUT2D eigenvalue weighted by atomic mass is 10.2. The van der Waals surface area contributed by atoms with Crippen molar-refractivity contribution >= 4 is 23.8 Å². The number of hydrogen-bond acceptors (Lipinski definition) is 7. The number of hydrogen-bond donors (Lipinski definition) is 1. The minimum atomic E-state index is -1.28. The van der Waals surface area contributed by atoms with Gasteiger partial charge in [-0.15, -0.1) is 5.10 Å². The van der Waals surface area contributed by atoms with E-state index in [9.17, 15) is 9.90 Å². The van der Waals surface area contributed by atoms with Crippen LogP contribution in [0.25, 0.3) is 6.08 Å². The van der Waals surface area contributed by atoms with Crippen molar-refractivity contribution in [2.45, 2.75) is 24.9 Å². The van der Waals surface area contributed by atoms with Crippen molar-refractivity contribution in [3.63, 3.8) is 0 Å². The van der Waals surface area contributed by atoms with Gasteiger partial charge in [0.05, 0.1) is 5.97 Å². The molecule has 0 fully saturated rings. The molecule has 2 aromatic rings. The number of nitrogens with zero attached hydrogens (tertiary/aromatic N) is 2. The van der Waals surface area contributed by atoms with Gasteiger partial charge in [0.25, 0.3) is 0 Å². The summed E-state index contributed by atoms with van der Waals surface area (Å²) < 4.78 is 10.9. The van der Waals surface area contributed by atoms with E-state index in [2.05, 4.69) is 15.2 Å². The number of carboxylic acids is 1. The van der Waals surface area contributed by atoms with Gasteiger partial charge < -0.3 is 19.4 Å². The summed E-state index contributed by atoms with van der Waals surface area (Å²) in [5.41, 5.74) is 0.676. The maximum atomic E-state index is 11.4. The molecule has 0 saturated carbocycles. The SMILES string of the molecule is CCCc1nc(S/C(=C\c2ccc3c(c2)OCCO3)C(=O)[O-])n[nH]1. The number of ether oxygens (including phenoxy) is 2. The molecular formula is C16H16N3O4S-. The summed E-state index contributed by atoms with van der Waals surface area (Å²) in [6.07, 6.45) is 3.20. The first kappa shape index (κ1) is 16.4. The van der Waals surface area contributed by atoms with E-state index in [-0.39, 0.29) is 4.91 Å². The van der Waals surface area contributed by atoms with Gasteiger partial charge in [0.2, 0.25) is 5.16 Å². The summed E-state index contributed by atoms with van der Waals surface area (Å²) in [5, 5.41) is 18.6. The van der Waals surface area contributed by atoms with Crippen molar-refractivity contribution in [1.82, 2.24) is 15.2 Å². The third-order valence-corrected chi connectivity index (χ3v) is 4.13. The van der Waals surface area contributed by atoms with E-state index in [1.807, 2.05) is 6.92 Å². The first-order chi connectivity index (χ1) is 11.7. The third-order valence-electron chi connectivity index (χ3n) is 3.26. The van der Waals surface area contributed by atoms with Gasteiger partial charge in [0.15, 0.2) is 11.5 Å². The second-order valence-electron chi connectivity index (χ2n) is 5.12. The zero-order valence-corrected chi connectivity index (χ0v) is 13.9. The maximum Gasteiger partial charge on any atom is 0.213 e. The lowest BCUT2D eigenvalue weighted by molar-refractivity contribution is -0.297. The van der Waals surface area contributed by atoms with Crippen molar-refractivity contribution in [1.29, 1.82) is 0 Å². The fourth-order valence-electron chi connectivity index (χ4n) is 2.20. The molecule has 1 aromatic carbocycles. The Balaban J connectivity index is 1.81. The standard InChI is InChI=1S/C16H17N3O4S/c1-2-3-14-17-16(19-18-14)24-13(15(20)21)9-10-4-5-11-12(8-10)23-7-6-22-11/h4-5,8-9H,2-3,6-7H2,1H3,(H,20,21)(H,17,18,19)/p-1/b13-9-. The number of nitrogens with one attached hydrogen (secondary N) is 1. The van der Waals surface area contributed by atoms with Crippen molar-refractivity contribution < 1.29 is 19.4 Å². The average Bonchev–Trinajstić information content (AvgIpc) is 3.01. The van der Waals surface area contributed by atoms with Crippen LogP contribution in [0.1, 0.15) is 24.7 Å². The Hall–Kier alpha value is -2.48. The molecular weight excluding hydrogens is 330 g/mol. The molecule has 1 N–H and O–H groups in total. The monoisotopic (exact) mass is 346 g/mol. The van der Waals surface area contributed by atoms with Gasteiger partial charge >= 0.3 is 0 Å². The van der Waals surface area contributed by atoms with Crippen LogP contribution in [0.5, 0.6) is 11.5 Å². The molecule has 2 heterocycles. The van der Waals surface area contributed by atoms with Crippen molar-refractivity contribution in [2.75, 3.05) is 13.2 Å². The third kappa shape index (κ3) is 3.88. The average molecular weight is 346 g/mol. The molecule has 0 spiro atoms. The molecule has 0 aliphatic carbocycles. The second-order valence-corrected chi connectivity index (χ2v) is 6.12. The van der Waals surface area contributed by atoms with Crippen LogP contribution in [0, 0.1) is 0 Å². The Bertz CT molecular complexity index is 772. The molecule has 0 saturated heterocycles. The van der Waals surface area contributed by atoms with Crippen molar-refractivity contribution in [3.05, 3.63) is 34.5 Å². The second kappa shape index (κ2) is 7.39. The van der Waals surface area contributed by atoms with Crippen LogP contribution in [-0.2, 0) is 11.2 Å². The van der Waals surface area contributed by atoms with E-state index >= 15 is 0 Å². The number of benzene rings is 1. The zero-order chi connectivity index (χ0) is 16.9. The highest BCUT2D eigenvalue weighted by molar-refractivity contribution is 8.04. The molecule has 1 aromatic heterocycles. The highest BCUT2D eigenvalue weighted by Gasteiger charge is 2.13. The Morgan fingerprint density at radius 3 is 2.92 bits per heavy atom. The van der Waals surface area contributed by atoms with Gasteiger partial charge in [0, 0.05) is 11.3 Å². The van der Waals surface area contributed by atoms with E-state index in [0.29, 0.717) is 35.4 Å². The molecule has 0 amide bonds. The smallest absolute Gasteiger partial charge is 0.213 e. The Kier molecular flexibility index (Phi) is 5.05. The molecule has 1 aliphatic rings. The highest BCUT2D eigenvalue weighted by Crippen LogP contribution is 2.32. The molecule has 126 valence electrons. The van der Waals surface area contributed by atoms with Gasteiger partial charge in [-0.2, -0.15) is 0 Å². The van der Waals surface area contributed by atoms with E-state index in [1.165, 1.54) is 6.08 Å². The van der Waals surface area contributed by atoms with Gasteiger partial charge in [-0.3, -0.25) is 5.10 Å². The molecule has 3 rings (SSSR count). The predicted molar refractivity (Wildman–Crippen MR) is 86.7 cm³/mol. The number of aromatic amines is 1. The molecule has 7 nitrogen and oxygen atoms in total. The quantitative estimate of drug-likeness (QED) is 0.623. The van der Waals surface area contributed by atoms with Gasteiger partial charge in [-0.1, -0.05) is 13.0 Å². The number of thioether (sulfide) groups is 1. The Morgan fingerprint density at radius 2 is 2.17 bits per heavy atom. The minimum Gasteiger partial charge on any atom is -0.544 e. The summed E-state index contributed by atoms with van der Waals surface area (Å²) in [6.45, 7) is 3.01. The summed E-state index contributed by atoms with van der Waals surface area (Å²) in [7, 11) is 0. The van der Waals surface area contributed by atoms with Crippen LogP contribution in [0.3, 0.4) is 0 Å². The van der Waals surface area contributed by atoms with Crippen LogP contribution >= 0.6 is 11.8 Å². The van der Waals surface area contributed by atoms with Crippen LogP contribution in [0.4, 0.5) is 0 Å². The molecule has 0 atom stereocenters. The summed E-state index contributed by atoms with van der Waals surface area (Å²) >= 11 is 0.949. The fraction of sp³-hybridized carbons (Fsp3) is 0.312. The van der Waals surface area contributed by atoms with Gasteiger partial charge in [-0.05, 0) is 42.0 Å². The number of H-pyrrole nitrogens is 1. The van der Waals surface area contributed by atoms with E-state index < -0.39 is 5.97 Å². The predicted octanol–water partition coefficient (Wildman–Crippen LogP) is 1.41. The van der Waals surface area contributed by atoms with E-state index in [4.69, 9.17) is 9.47 Å². The van der Waals surface area contributed by atoms with Crippen LogP contribution < -0.4 is 14.6 Å². The highest BCUT2D eigenvalue weighted by atomic mass is 32.2. The fourth-order valence-corrected chi connectivity index (χ4v) is 2.92. The number of fused-ring (bicyclic) bond motifs is 1. The lowest BCUT2D eigenvalue weighted by Crippen LogP contribution is -2.23. The number of aromatic nitrogens is 3. The Morgan fingerprint density at radius 1 is 1.38 bits per heavy atom. The van der Waals surface area contributed by atoms with Crippen LogP contribution in [0.15, 0.2) is 28.3 Å². The number of carbonyl (C=O) groups is 1. The number of carbonyl (C=O) groups excluding carboxylic acids is 1. The number of aliphatic carboxylic acids is 1. The number of carboxylic acid groups (broad SMARTS) is 1. The molecule has 0 unspecified atom stereocenters. The number of aryl methyl sites for hydroxylation is 1. The summed E-state index contributed by atoms with van der Waals surface area (Å²) in [5.74, 6) is 0.703. The van der Waals surface area contributed by atoms with Crippen LogP contribution in [0.2, 0.25) is 0 Å². The normalized spacial score (nSPS) is 13.8. The van der Waals surface area contributed by atoms with Gasteiger partial charge in [0.1, 0.15) is 19.0 Å². The molecule has 24 heavy (non-hydrogen) atoms. The molecule has 1 aliphatic heterocycles. The Labute approximate surface area is 143 Å². The van der Waals surface area contributed by atoms with Gasteiger partial charge in [-0.25, -0.2) is 4.98 Å². The van der Waals surface area contributed by atoms with Crippen molar-refractivity contribution in [2.24, 2.45) is 0 Å². The first-order valence-electron chi connectivity index (χ1n) is 7.57. The van der Waals surface area contributed by atoms with E-state index in [1.54, 1.807) is 18.2 Å². The lowest BCUT2D eigenvalue weighted by Gasteiger charge is -2.18. The summed E-state index contributed by atoms with van der Waals surface area (Å²) in [4.78, 5) is 15.7. The zero-order valence-electron chi connectivity index (χ0n) is 13.1.